The third-order valence-corrected chi connectivity index (χ3v) is 3.70. The molecule has 22 heavy (non-hydrogen) atoms. The van der Waals surface area contributed by atoms with E-state index in [-0.39, 0.29) is 0 Å². The molecule has 0 atom stereocenters. The van der Waals surface area contributed by atoms with Crippen molar-refractivity contribution in [3.8, 4) is 0 Å². The third kappa shape index (κ3) is 2.93. The molecule has 0 saturated carbocycles. The molecule has 2 aromatic rings. The van der Waals surface area contributed by atoms with E-state index in [0.29, 0.717) is 0 Å². The summed E-state index contributed by atoms with van der Waals surface area (Å²) in [4.78, 5) is 0. The monoisotopic (exact) mass is 295 g/mol. The van der Waals surface area contributed by atoms with Gasteiger partial charge in [-0.25, -0.2) is 0 Å². The van der Waals surface area contributed by atoms with Crippen LogP contribution in [-0.2, 0) is 6.54 Å². The van der Waals surface area contributed by atoms with Gasteiger partial charge in [-0.3, -0.25) is 0 Å². The first-order valence-electron chi connectivity index (χ1n) is 7.86. The van der Waals surface area contributed by atoms with Gasteiger partial charge in [-0.15, -0.1) is 0 Å². The van der Waals surface area contributed by atoms with Crippen LogP contribution in [0, 0.1) is 0 Å². The van der Waals surface area contributed by atoms with Gasteiger partial charge in [0.1, 0.15) is 0 Å². The zero-order valence-electron chi connectivity index (χ0n) is 13.8. The molecule has 0 spiro atoms. The molecule has 0 aliphatic carbocycles. The number of hydrogen-bond donors (Lipinski definition) is 3. The van der Waals surface area contributed by atoms with E-state index in [9.17, 15) is 0 Å². The van der Waals surface area contributed by atoms with E-state index in [1.165, 1.54) is 16.7 Å². The largest absolute Gasteiger partial charge is 0.386 e. The van der Waals surface area contributed by atoms with Crippen LogP contribution < -0.4 is 16.0 Å². The van der Waals surface area contributed by atoms with E-state index in [1.54, 1.807) is 0 Å². The maximum atomic E-state index is 3.53. The second-order valence-electron chi connectivity index (χ2n) is 4.81. The fraction of sp³-hybridized carbons (Fsp3) is 0.263. The van der Waals surface area contributed by atoms with E-state index >= 15 is 0 Å². The molecule has 2 aromatic carbocycles. The van der Waals surface area contributed by atoms with Crippen LogP contribution in [0.25, 0.3) is 11.4 Å². The van der Waals surface area contributed by atoms with Crippen molar-refractivity contribution in [2.75, 3.05) is 19.4 Å². The summed E-state index contributed by atoms with van der Waals surface area (Å²) in [7, 11) is 3.94. The lowest BCUT2D eigenvalue weighted by Crippen LogP contribution is -2.20. The zero-order valence-corrected chi connectivity index (χ0v) is 13.8. The maximum Gasteiger partial charge on any atom is 0.0674 e. The zero-order chi connectivity index (χ0) is 15.9. The van der Waals surface area contributed by atoms with Crippen LogP contribution in [-0.4, -0.2) is 14.1 Å². The molecule has 1 aliphatic rings. The second kappa shape index (κ2) is 7.55. The molecule has 0 fully saturated rings. The Balaban J connectivity index is 0.000000847. The highest BCUT2D eigenvalue weighted by Gasteiger charge is 2.17. The van der Waals surface area contributed by atoms with Crippen LogP contribution in [0.2, 0.25) is 0 Å². The van der Waals surface area contributed by atoms with Gasteiger partial charge in [0.25, 0.3) is 0 Å². The Morgan fingerprint density at radius 3 is 2.00 bits per heavy atom. The number of fused-ring (bicyclic) bond motifs is 2. The van der Waals surface area contributed by atoms with Crippen molar-refractivity contribution >= 4 is 17.1 Å². The standard InChI is InChI=1S/C17H19N3.C2H6/c1-18-16-13-8-4-3-7-12(13)11-20-15-10-6-5-9-14(15)17(16)19-2;1-2/h3-10,18-20H,11H2,1-2H3;1-2H3/b17-16-;. The molecule has 1 heterocycles. The van der Waals surface area contributed by atoms with Gasteiger partial charge in [-0.1, -0.05) is 56.3 Å². The quantitative estimate of drug-likeness (QED) is 0.786. The number of para-hydroxylation sites is 1. The fourth-order valence-corrected chi connectivity index (χ4v) is 2.75. The Labute approximate surface area is 133 Å². The Kier molecular flexibility index (Phi) is 5.48. The molecule has 3 rings (SSSR count). The van der Waals surface area contributed by atoms with Crippen LogP contribution in [0.5, 0.6) is 0 Å². The summed E-state index contributed by atoms with van der Waals surface area (Å²) >= 11 is 0. The average molecular weight is 295 g/mol. The molecule has 0 bridgehead atoms. The molecule has 116 valence electrons. The molecule has 3 nitrogen and oxygen atoms in total. The van der Waals surface area contributed by atoms with Gasteiger partial charge in [-0.2, -0.15) is 0 Å². The average Bonchev–Trinajstić information content (AvgIpc) is 2.59. The van der Waals surface area contributed by atoms with Crippen molar-refractivity contribution in [3.05, 3.63) is 65.2 Å². The predicted molar refractivity (Wildman–Crippen MR) is 96.5 cm³/mol. The van der Waals surface area contributed by atoms with Gasteiger partial charge in [0.05, 0.1) is 11.4 Å². The summed E-state index contributed by atoms with van der Waals surface area (Å²) in [6.07, 6.45) is 0. The normalized spacial score (nSPS) is 15.8. The smallest absolute Gasteiger partial charge is 0.0674 e. The van der Waals surface area contributed by atoms with Gasteiger partial charge in [-0.05, 0) is 11.6 Å². The summed E-state index contributed by atoms with van der Waals surface area (Å²) < 4.78 is 0. The maximum absolute atomic E-state index is 3.53. The highest BCUT2D eigenvalue weighted by atomic mass is 15.0. The Hall–Kier alpha value is -2.42. The number of hydrogen-bond acceptors (Lipinski definition) is 3. The number of rotatable bonds is 2. The molecule has 0 radical (unpaired) electrons. The van der Waals surface area contributed by atoms with Crippen molar-refractivity contribution in [2.24, 2.45) is 0 Å². The minimum atomic E-state index is 0.829. The minimum absolute atomic E-state index is 0.829. The van der Waals surface area contributed by atoms with E-state index in [4.69, 9.17) is 0 Å². The Bertz CT molecular complexity index is 602. The second-order valence-corrected chi connectivity index (χ2v) is 4.81. The van der Waals surface area contributed by atoms with Gasteiger partial charge in [0.2, 0.25) is 0 Å². The minimum Gasteiger partial charge on any atom is -0.386 e. The molecule has 3 heteroatoms. The van der Waals surface area contributed by atoms with E-state index in [1.807, 2.05) is 27.9 Å². The summed E-state index contributed by atoms with van der Waals surface area (Å²) in [5.41, 5.74) is 7.12. The summed E-state index contributed by atoms with van der Waals surface area (Å²) in [5.74, 6) is 0. The van der Waals surface area contributed by atoms with E-state index in [2.05, 4.69) is 64.5 Å². The molecular formula is C19H25N3. The highest BCUT2D eigenvalue weighted by Crippen LogP contribution is 2.31. The summed E-state index contributed by atoms with van der Waals surface area (Å²) in [6, 6.07) is 16.9. The first-order valence-corrected chi connectivity index (χ1v) is 7.86. The topological polar surface area (TPSA) is 36.1 Å². The molecule has 0 saturated heterocycles. The Morgan fingerprint density at radius 2 is 1.32 bits per heavy atom. The van der Waals surface area contributed by atoms with Crippen LogP contribution in [0.15, 0.2) is 48.5 Å². The van der Waals surface area contributed by atoms with Gasteiger partial charge in [0.15, 0.2) is 0 Å². The highest BCUT2D eigenvalue weighted by molar-refractivity contribution is 5.94. The van der Waals surface area contributed by atoms with Gasteiger partial charge in [0, 0.05) is 37.5 Å². The fourth-order valence-electron chi connectivity index (χ4n) is 2.75. The van der Waals surface area contributed by atoms with Crippen molar-refractivity contribution in [2.45, 2.75) is 20.4 Å². The van der Waals surface area contributed by atoms with Crippen LogP contribution in [0.1, 0.15) is 30.5 Å². The van der Waals surface area contributed by atoms with Crippen molar-refractivity contribution in [3.63, 3.8) is 0 Å². The number of nitrogens with one attached hydrogen (secondary N) is 3. The van der Waals surface area contributed by atoms with Crippen LogP contribution >= 0.6 is 0 Å². The lowest BCUT2D eigenvalue weighted by molar-refractivity contribution is 1.04. The van der Waals surface area contributed by atoms with E-state index in [0.717, 1.165) is 23.6 Å². The molecule has 3 N–H and O–H groups in total. The Morgan fingerprint density at radius 1 is 0.773 bits per heavy atom. The predicted octanol–water partition coefficient (Wildman–Crippen LogP) is 3.90. The molecule has 1 aliphatic heterocycles. The van der Waals surface area contributed by atoms with Gasteiger partial charge < -0.3 is 16.0 Å². The van der Waals surface area contributed by atoms with Crippen molar-refractivity contribution in [1.29, 1.82) is 0 Å². The van der Waals surface area contributed by atoms with Crippen molar-refractivity contribution < 1.29 is 0 Å². The van der Waals surface area contributed by atoms with Crippen molar-refractivity contribution in [1.82, 2.24) is 10.6 Å². The van der Waals surface area contributed by atoms with Gasteiger partial charge >= 0.3 is 0 Å². The SMILES string of the molecule is CC.CN/C1=C(\NC)c2ccccc2NCc2ccccc21. The summed E-state index contributed by atoms with van der Waals surface area (Å²) in [6.45, 7) is 4.83. The molecular weight excluding hydrogens is 270 g/mol. The molecule has 0 aromatic heterocycles. The van der Waals surface area contributed by atoms with Crippen LogP contribution in [0.4, 0.5) is 5.69 Å². The lowest BCUT2D eigenvalue weighted by Gasteiger charge is -2.24. The number of anilines is 1. The summed E-state index contributed by atoms with van der Waals surface area (Å²) in [5, 5.41) is 10.2. The third-order valence-electron chi connectivity index (χ3n) is 3.70. The van der Waals surface area contributed by atoms with Crippen LogP contribution in [0.3, 0.4) is 0 Å². The lowest BCUT2D eigenvalue weighted by atomic mass is 9.97. The molecule has 0 amide bonds. The first kappa shape index (κ1) is 16.0. The number of benzene rings is 2. The first-order chi connectivity index (χ1) is 10.8. The van der Waals surface area contributed by atoms with E-state index < -0.39 is 0 Å². The molecule has 0 unspecified atom stereocenters.